The van der Waals surface area contributed by atoms with Crippen molar-refractivity contribution in [3.05, 3.63) is 17.0 Å². The highest BCUT2D eigenvalue weighted by molar-refractivity contribution is 7.91. The van der Waals surface area contributed by atoms with Gasteiger partial charge in [-0.05, 0) is 37.8 Å². The van der Waals surface area contributed by atoms with Crippen molar-refractivity contribution >= 4 is 21.4 Å². The van der Waals surface area contributed by atoms with Crippen molar-refractivity contribution in [2.75, 3.05) is 40.0 Å². The summed E-state index contributed by atoms with van der Waals surface area (Å²) in [6, 6.07) is 3.56. The summed E-state index contributed by atoms with van der Waals surface area (Å²) in [5.74, 6) is 0.443. The van der Waals surface area contributed by atoms with Crippen LogP contribution in [0.15, 0.2) is 16.3 Å². The van der Waals surface area contributed by atoms with E-state index in [9.17, 15) is 8.42 Å². The van der Waals surface area contributed by atoms with Crippen LogP contribution in [0.1, 0.15) is 17.7 Å². The molecule has 1 fully saturated rings. The van der Waals surface area contributed by atoms with E-state index in [1.807, 2.05) is 13.0 Å². The molecule has 1 aromatic rings. The van der Waals surface area contributed by atoms with Gasteiger partial charge in [0.25, 0.3) is 10.0 Å². The lowest BCUT2D eigenvalue weighted by molar-refractivity contribution is 0.0410. The maximum absolute atomic E-state index is 12.5. The van der Waals surface area contributed by atoms with Crippen LogP contribution in [0.25, 0.3) is 0 Å². The van der Waals surface area contributed by atoms with Gasteiger partial charge in [0, 0.05) is 31.7 Å². The van der Waals surface area contributed by atoms with Crippen LogP contribution in [0.2, 0.25) is 0 Å². The molecular formula is C14H23NO4S2. The van der Waals surface area contributed by atoms with E-state index in [1.165, 1.54) is 11.3 Å². The largest absolute Gasteiger partial charge is 0.382 e. The molecule has 0 bridgehead atoms. The molecule has 1 aliphatic rings. The fourth-order valence-electron chi connectivity index (χ4n) is 2.39. The molecule has 2 heterocycles. The Morgan fingerprint density at radius 1 is 1.29 bits per heavy atom. The van der Waals surface area contributed by atoms with Crippen molar-refractivity contribution in [1.82, 2.24) is 4.31 Å². The van der Waals surface area contributed by atoms with Crippen molar-refractivity contribution in [2.24, 2.45) is 5.92 Å². The van der Waals surface area contributed by atoms with Crippen molar-refractivity contribution in [1.29, 1.82) is 0 Å². The van der Waals surface area contributed by atoms with Gasteiger partial charge >= 0.3 is 0 Å². The Kier molecular flexibility index (Phi) is 6.19. The number of piperidine rings is 1. The van der Waals surface area contributed by atoms with Crippen molar-refractivity contribution in [2.45, 2.75) is 24.0 Å². The van der Waals surface area contributed by atoms with Crippen LogP contribution in [0.5, 0.6) is 0 Å². The predicted octanol–water partition coefficient (Wildman–Crippen LogP) is 2.12. The molecular weight excluding hydrogens is 310 g/mol. The third kappa shape index (κ3) is 4.50. The van der Waals surface area contributed by atoms with E-state index >= 15 is 0 Å². The summed E-state index contributed by atoms with van der Waals surface area (Å²) in [4.78, 5) is 1.02. The topological polar surface area (TPSA) is 55.8 Å². The molecule has 2 rings (SSSR count). The molecule has 7 heteroatoms. The van der Waals surface area contributed by atoms with Gasteiger partial charge in [-0.25, -0.2) is 8.42 Å². The third-order valence-corrected chi connectivity index (χ3v) is 7.04. The summed E-state index contributed by atoms with van der Waals surface area (Å²) < 4.78 is 37.5. The van der Waals surface area contributed by atoms with Gasteiger partial charge in [0.2, 0.25) is 0 Å². The fraction of sp³-hybridized carbons (Fsp3) is 0.714. The molecule has 1 saturated heterocycles. The number of thiophene rings is 1. The lowest BCUT2D eigenvalue weighted by atomic mass is 9.99. The minimum Gasteiger partial charge on any atom is -0.382 e. The molecule has 0 amide bonds. The number of hydrogen-bond acceptors (Lipinski definition) is 5. The van der Waals surface area contributed by atoms with Crippen molar-refractivity contribution in [3.63, 3.8) is 0 Å². The normalized spacial score (nSPS) is 18.2. The van der Waals surface area contributed by atoms with E-state index in [2.05, 4.69) is 0 Å². The molecule has 0 atom stereocenters. The summed E-state index contributed by atoms with van der Waals surface area (Å²) >= 11 is 1.34. The Morgan fingerprint density at radius 3 is 2.57 bits per heavy atom. The van der Waals surface area contributed by atoms with Crippen LogP contribution < -0.4 is 0 Å². The Bertz CT molecular complexity index is 533. The molecule has 0 unspecified atom stereocenters. The number of rotatable bonds is 7. The average Bonchev–Trinajstić information content (AvgIpc) is 2.91. The summed E-state index contributed by atoms with van der Waals surface area (Å²) in [6.45, 7) is 4.98. The van der Waals surface area contributed by atoms with Gasteiger partial charge < -0.3 is 9.47 Å². The molecule has 0 saturated carbocycles. The molecule has 1 aromatic heterocycles. The van der Waals surface area contributed by atoms with E-state index in [1.54, 1.807) is 17.5 Å². The maximum atomic E-state index is 12.5. The first-order valence-corrected chi connectivity index (χ1v) is 9.43. The van der Waals surface area contributed by atoms with Gasteiger partial charge in [-0.3, -0.25) is 0 Å². The second kappa shape index (κ2) is 7.69. The van der Waals surface area contributed by atoms with Gasteiger partial charge in [0.05, 0.1) is 13.2 Å². The highest BCUT2D eigenvalue weighted by Crippen LogP contribution is 2.28. The summed E-state index contributed by atoms with van der Waals surface area (Å²) in [7, 11) is -1.65. The lowest BCUT2D eigenvalue weighted by Crippen LogP contribution is -2.39. The van der Waals surface area contributed by atoms with Gasteiger partial charge in [-0.1, -0.05) is 0 Å². The smallest absolute Gasteiger partial charge is 0.252 e. The Balaban J connectivity index is 1.83. The van der Waals surface area contributed by atoms with Gasteiger partial charge in [0.1, 0.15) is 4.21 Å². The van der Waals surface area contributed by atoms with Crippen molar-refractivity contribution < 1.29 is 17.9 Å². The second-order valence-corrected chi connectivity index (χ2v) is 8.73. The van der Waals surface area contributed by atoms with Crippen LogP contribution in [0, 0.1) is 12.8 Å². The number of methoxy groups -OCH3 is 1. The van der Waals surface area contributed by atoms with Crippen LogP contribution in [-0.2, 0) is 19.5 Å². The minimum atomic E-state index is -3.30. The number of nitrogens with zero attached hydrogens (tertiary/aromatic N) is 1. The molecule has 0 radical (unpaired) electrons. The Hall–Kier alpha value is -0.470. The molecule has 0 N–H and O–H groups in total. The van der Waals surface area contributed by atoms with E-state index < -0.39 is 10.0 Å². The molecule has 120 valence electrons. The molecule has 0 aromatic carbocycles. The molecule has 5 nitrogen and oxygen atoms in total. The standard InChI is InChI=1S/C14H23NO4S2/c1-12-3-4-14(20-12)21(16,17)15-7-5-13(6-8-15)11-19-10-9-18-2/h3-4,13H,5-11H2,1-2H3. The van der Waals surface area contributed by atoms with E-state index in [0.717, 1.165) is 17.7 Å². The maximum Gasteiger partial charge on any atom is 0.252 e. The number of sulfonamides is 1. The zero-order valence-electron chi connectivity index (χ0n) is 12.6. The van der Waals surface area contributed by atoms with Crippen LogP contribution >= 0.6 is 11.3 Å². The van der Waals surface area contributed by atoms with Crippen LogP contribution in [-0.4, -0.2) is 52.7 Å². The number of ether oxygens (including phenoxy) is 2. The van der Waals surface area contributed by atoms with Gasteiger partial charge in [-0.2, -0.15) is 4.31 Å². The lowest BCUT2D eigenvalue weighted by Gasteiger charge is -2.30. The quantitative estimate of drug-likeness (QED) is 0.717. The third-order valence-electron chi connectivity index (χ3n) is 3.67. The zero-order valence-corrected chi connectivity index (χ0v) is 14.2. The predicted molar refractivity (Wildman–Crippen MR) is 83.2 cm³/mol. The Morgan fingerprint density at radius 2 is 2.00 bits per heavy atom. The second-order valence-electron chi connectivity index (χ2n) is 5.28. The minimum absolute atomic E-state index is 0.443. The van der Waals surface area contributed by atoms with Gasteiger partial charge in [-0.15, -0.1) is 11.3 Å². The number of hydrogen-bond donors (Lipinski definition) is 0. The van der Waals surface area contributed by atoms with Gasteiger partial charge in [0.15, 0.2) is 0 Å². The summed E-state index contributed by atoms with van der Waals surface area (Å²) in [6.07, 6.45) is 1.72. The number of aryl methyl sites for hydroxylation is 1. The van der Waals surface area contributed by atoms with E-state index in [-0.39, 0.29) is 0 Å². The molecule has 1 aliphatic heterocycles. The first-order valence-electron chi connectivity index (χ1n) is 7.17. The van der Waals surface area contributed by atoms with Crippen LogP contribution in [0.3, 0.4) is 0 Å². The zero-order chi connectivity index (χ0) is 15.3. The first kappa shape index (κ1) is 16.9. The first-order chi connectivity index (χ1) is 10.0. The highest BCUT2D eigenvalue weighted by atomic mass is 32.2. The summed E-state index contributed by atoms with van der Waals surface area (Å²) in [5, 5.41) is 0. The average molecular weight is 333 g/mol. The van der Waals surface area contributed by atoms with E-state index in [4.69, 9.17) is 9.47 Å². The SMILES string of the molecule is COCCOCC1CCN(S(=O)(=O)c2ccc(C)s2)CC1. The molecule has 21 heavy (non-hydrogen) atoms. The monoisotopic (exact) mass is 333 g/mol. The van der Waals surface area contributed by atoms with Crippen LogP contribution in [0.4, 0.5) is 0 Å². The highest BCUT2D eigenvalue weighted by Gasteiger charge is 2.30. The van der Waals surface area contributed by atoms with Crippen molar-refractivity contribution in [3.8, 4) is 0 Å². The molecule has 0 aliphatic carbocycles. The fourth-order valence-corrected chi connectivity index (χ4v) is 5.29. The Labute approximate surface area is 130 Å². The summed E-state index contributed by atoms with van der Waals surface area (Å²) in [5.41, 5.74) is 0. The molecule has 0 spiro atoms. The van der Waals surface area contributed by atoms with E-state index in [0.29, 0.717) is 43.0 Å².